The van der Waals surface area contributed by atoms with Crippen molar-refractivity contribution in [2.45, 2.75) is 90.8 Å². The first-order chi connectivity index (χ1) is 31.1. The maximum atomic E-state index is 12.2. The van der Waals surface area contributed by atoms with E-state index in [9.17, 15) is 34.6 Å². The zero-order chi connectivity index (χ0) is 47.0. The van der Waals surface area contributed by atoms with Gasteiger partial charge >= 0.3 is 6.18 Å². The highest BCUT2D eigenvalue weighted by Gasteiger charge is 2.34. The van der Waals surface area contributed by atoms with Crippen molar-refractivity contribution in [1.29, 1.82) is 0 Å². The van der Waals surface area contributed by atoms with Gasteiger partial charge in [0, 0.05) is 19.6 Å². The van der Waals surface area contributed by atoms with Crippen LogP contribution in [-0.4, -0.2) is 31.7 Å². The van der Waals surface area contributed by atoms with Gasteiger partial charge in [0.1, 0.15) is 10.1 Å². The number of alkyl halides is 3. The molecule has 342 valence electrons. The monoisotopic (exact) mass is 976 g/mol. The molecule has 7 aromatic carbocycles. The lowest BCUT2D eigenvalue weighted by molar-refractivity contribution is -0.140. The number of unbranched alkanes of at least 4 members (excludes halogenated alkanes) is 5. The molecule has 0 unspecified atom stereocenters. The van der Waals surface area contributed by atoms with Crippen molar-refractivity contribution >= 4 is 54.7 Å². The summed E-state index contributed by atoms with van der Waals surface area (Å²) in [7, 11) is -8.88. The molecule has 14 heteroatoms. The molecular weight excluding hydrogens is 926 g/mol. The van der Waals surface area contributed by atoms with Gasteiger partial charge in [-0.25, -0.2) is 8.42 Å². The Morgan fingerprint density at radius 2 is 0.815 bits per heavy atom. The molecule has 0 radical (unpaired) electrons. The van der Waals surface area contributed by atoms with Gasteiger partial charge in [-0.1, -0.05) is 166 Å². The molecule has 0 spiro atoms. The minimum Gasteiger partial charge on any atom is -0.744 e. The van der Waals surface area contributed by atoms with Gasteiger partial charge in [-0.15, -0.1) is 0 Å². The first kappa shape index (κ1) is 52.8. The zero-order valence-corrected chi connectivity index (χ0v) is 39.7. The van der Waals surface area contributed by atoms with Gasteiger partial charge in [-0.05, 0) is 103 Å². The Morgan fingerprint density at radius 1 is 0.477 bits per heavy atom. The van der Waals surface area contributed by atoms with E-state index in [1.807, 2.05) is 12.1 Å². The first-order valence-electron chi connectivity index (χ1n) is 20.7. The predicted octanol–water partition coefficient (Wildman–Crippen LogP) is 14.6. The summed E-state index contributed by atoms with van der Waals surface area (Å²) in [6.07, 6.45) is 1.30. The Balaban J connectivity index is 0.000000203. The van der Waals surface area contributed by atoms with Gasteiger partial charge in [-0.3, -0.25) is 4.55 Å². The standard InChI is InChI=1S/C24H19S2.C12H10S.C8H18O3S.C7H5F3O3S/c1-4-10-20(11-5-1)25-21-16-18-24(19-17-21)26(22-12-6-2-7-13-22)23-14-8-3-9-15-23;1-3-7-11(8-4-1)13-12-9-5-2-6-10-12;1-2-3-4-5-6-7-8-12(9,10)11;8-7(9,10)5-3-1-2-4-6(5)14(11,12)13/h1-19H;1-10H;2-8H2,1H3,(H,9,10,11);1-4H,(H,11,12,13)/q+1;;;/p-1. The third-order valence-electron chi connectivity index (χ3n) is 8.94. The molecule has 7 rings (SSSR count). The molecule has 0 atom stereocenters. The van der Waals surface area contributed by atoms with Gasteiger partial charge in [0.15, 0.2) is 14.7 Å². The van der Waals surface area contributed by atoms with Crippen LogP contribution < -0.4 is 0 Å². The second-order valence-electron chi connectivity index (χ2n) is 14.0. The minimum atomic E-state index is -5.09. The maximum Gasteiger partial charge on any atom is 0.417 e. The molecule has 0 amide bonds. The van der Waals surface area contributed by atoms with Crippen molar-refractivity contribution < 1.29 is 39.1 Å². The van der Waals surface area contributed by atoms with Crippen LogP contribution in [0.4, 0.5) is 13.2 Å². The fraction of sp³-hybridized carbons (Fsp3) is 0.176. The summed E-state index contributed by atoms with van der Waals surface area (Å²) in [6.45, 7) is 2.14. The normalized spacial score (nSPS) is 11.2. The molecule has 0 aliphatic carbocycles. The SMILES string of the molecule is CCCCCCCCS(=O)(=O)O.O=S(=O)([O-])c1ccccc1C(F)(F)F.c1ccc(Sc2ccc([S+](c3ccccc3)c3ccccc3)cc2)cc1.c1ccc(Sc2ccccc2)cc1. The molecule has 0 fully saturated rings. The largest absolute Gasteiger partial charge is 0.744 e. The summed E-state index contributed by atoms with van der Waals surface area (Å²) < 4.78 is 96.8. The maximum absolute atomic E-state index is 12.2. The summed E-state index contributed by atoms with van der Waals surface area (Å²) in [4.78, 5) is 7.91. The highest BCUT2D eigenvalue weighted by atomic mass is 32.2. The van der Waals surface area contributed by atoms with Crippen LogP contribution >= 0.6 is 23.5 Å². The Morgan fingerprint density at radius 3 is 1.18 bits per heavy atom. The average molecular weight is 977 g/mol. The summed E-state index contributed by atoms with van der Waals surface area (Å²) >= 11 is 3.59. The van der Waals surface area contributed by atoms with Gasteiger partial charge < -0.3 is 4.55 Å². The number of benzene rings is 7. The average Bonchev–Trinajstić information content (AvgIpc) is 3.30. The van der Waals surface area contributed by atoms with E-state index < -0.39 is 36.9 Å². The molecule has 0 saturated carbocycles. The fourth-order valence-corrected chi connectivity index (χ4v) is 10.9. The van der Waals surface area contributed by atoms with Gasteiger partial charge in [0.2, 0.25) is 0 Å². The Kier molecular flexibility index (Phi) is 22.4. The van der Waals surface area contributed by atoms with Gasteiger partial charge in [-0.2, -0.15) is 21.6 Å². The van der Waals surface area contributed by atoms with Crippen LogP contribution in [0.5, 0.6) is 0 Å². The highest BCUT2D eigenvalue weighted by Crippen LogP contribution is 2.35. The number of halogens is 3. The third kappa shape index (κ3) is 20.5. The number of hydrogen-bond donors (Lipinski definition) is 1. The van der Waals surface area contributed by atoms with E-state index in [0.29, 0.717) is 18.6 Å². The molecular formula is C51H51F3O6S5. The van der Waals surface area contributed by atoms with Crippen LogP contribution in [0.25, 0.3) is 0 Å². The second-order valence-corrected chi connectivity index (χ2v) is 21.3. The Bertz CT molecular complexity index is 2530. The van der Waals surface area contributed by atoms with E-state index in [4.69, 9.17) is 4.55 Å². The second kappa shape index (κ2) is 27.6. The van der Waals surface area contributed by atoms with E-state index in [2.05, 4.69) is 171 Å². The van der Waals surface area contributed by atoms with E-state index in [1.54, 1.807) is 23.5 Å². The molecule has 0 aromatic heterocycles. The third-order valence-corrected chi connectivity index (χ3v) is 14.9. The van der Waals surface area contributed by atoms with Gasteiger partial charge in [0.25, 0.3) is 10.1 Å². The van der Waals surface area contributed by atoms with Crippen molar-refractivity contribution in [3.63, 3.8) is 0 Å². The van der Waals surface area contributed by atoms with E-state index in [1.165, 1.54) is 53.5 Å². The van der Waals surface area contributed by atoms with Crippen molar-refractivity contribution in [2.24, 2.45) is 0 Å². The van der Waals surface area contributed by atoms with Crippen molar-refractivity contribution in [3.05, 3.63) is 206 Å². The van der Waals surface area contributed by atoms with Gasteiger partial charge in [0.05, 0.1) is 27.1 Å². The van der Waals surface area contributed by atoms with Crippen LogP contribution in [0.2, 0.25) is 0 Å². The Hall–Kier alpha value is -4.80. The zero-order valence-electron chi connectivity index (χ0n) is 35.7. The first-order valence-corrected chi connectivity index (χ1v) is 26.5. The van der Waals surface area contributed by atoms with Crippen LogP contribution in [-0.2, 0) is 37.3 Å². The van der Waals surface area contributed by atoms with E-state index >= 15 is 0 Å². The molecule has 0 bridgehead atoms. The smallest absolute Gasteiger partial charge is 0.417 e. The lowest BCUT2D eigenvalue weighted by Gasteiger charge is -2.14. The molecule has 1 N–H and O–H groups in total. The molecule has 7 aromatic rings. The molecule has 6 nitrogen and oxygen atoms in total. The summed E-state index contributed by atoms with van der Waals surface area (Å²) in [6, 6.07) is 65.1. The fourth-order valence-electron chi connectivity index (χ4n) is 5.89. The van der Waals surface area contributed by atoms with Crippen molar-refractivity contribution in [1.82, 2.24) is 0 Å². The molecule has 0 saturated heterocycles. The summed E-state index contributed by atoms with van der Waals surface area (Å²) in [5, 5.41) is 0. The summed E-state index contributed by atoms with van der Waals surface area (Å²) in [5.74, 6) is -0.0842. The lowest BCUT2D eigenvalue weighted by atomic mass is 10.1. The number of rotatable bonds is 15. The molecule has 0 aliphatic heterocycles. The topological polar surface area (TPSA) is 112 Å². The molecule has 0 heterocycles. The predicted molar refractivity (Wildman–Crippen MR) is 258 cm³/mol. The van der Waals surface area contributed by atoms with Crippen LogP contribution in [0.3, 0.4) is 0 Å². The number of hydrogen-bond acceptors (Lipinski definition) is 7. The van der Waals surface area contributed by atoms with Crippen LogP contribution in [0, 0.1) is 0 Å². The lowest BCUT2D eigenvalue weighted by Crippen LogP contribution is -2.12. The van der Waals surface area contributed by atoms with Crippen molar-refractivity contribution in [3.8, 4) is 0 Å². The Labute approximate surface area is 393 Å². The van der Waals surface area contributed by atoms with E-state index in [-0.39, 0.29) is 16.6 Å². The van der Waals surface area contributed by atoms with E-state index in [0.717, 1.165) is 25.0 Å². The van der Waals surface area contributed by atoms with Crippen LogP contribution in [0.15, 0.2) is 239 Å². The van der Waals surface area contributed by atoms with Crippen molar-refractivity contribution in [2.75, 3.05) is 5.75 Å². The summed E-state index contributed by atoms with van der Waals surface area (Å²) in [5.41, 5.74) is -1.44. The molecule has 65 heavy (non-hydrogen) atoms. The molecule has 0 aliphatic rings. The minimum absolute atomic E-state index is 0.0786. The quantitative estimate of drug-likeness (QED) is 0.0614. The highest BCUT2D eigenvalue weighted by molar-refractivity contribution is 7.99. The van der Waals surface area contributed by atoms with Crippen LogP contribution in [0.1, 0.15) is 51.0 Å².